The van der Waals surface area contributed by atoms with Gasteiger partial charge in [0.1, 0.15) is 0 Å². The summed E-state index contributed by atoms with van der Waals surface area (Å²) in [6.45, 7) is 6.58. The first-order valence-electron chi connectivity index (χ1n) is 13.1. The van der Waals surface area contributed by atoms with Crippen LogP contribution in [0.4, 0.5) is 0 Å². The molecule has 0 unspecified atom stereocenters. The first-order chi connectivity index (χ1) is 16.5. The molecule has 0 amide bonds. The van der Waals surface area contributed by atoms with E-state index >= 15 is 0 Å². The topological polar surface area (TPSA) is 164 Å². The molecule has 13 heteroatoms. The average molecular weight is 576 g/mol. The van der Waals surface area contributed by atoms with Gasteiger partial charge in [0.05, 0.1) is 12.2 Å². The van der Waals surface area contributed by atoms with E-state index in [-0.39, 0.29) is 76.4 Å². The molecule has 10 atom stereocenters. The van der Waals surface area contributed by atoms with Gasteiger partial charge < -0.3 is 5.11 Å². The monoisotopic (exact) mass is 575 g/mol. The number of aliphatic carboxylic acids is 1. The van der Waals surface area contributed by atoms with Crippen LogP contribution in [-0.2, 0) is 34.0 Å². The summed E-state index contributed by atoms with van der Waals surface area (Å²) in [5.41, 5.74) is -0.244. The third-order valence-electron chi connectivity index (χ3n) is 10.7. The zero-order chi connectivity index (χ0) is 26.7. The molecule has 0 aromatic carbocycles. The zero-order valence-corrected chi connectivity index (χ0v) is 25.8. The van der Waals surface area contributed by atoms with E-state index in [2.05, 4.69) is 20.8 Å². The fourth-order valence-electron chi connectivity index (χ4n) is 9.20. The number of carboxylic acids is 1. The number of rotatable bonds is 8. The number of fused-ring (bicyclic) bond motifs is 5. The fraction of sp³-hybridized carbons (Fsp3) is 0.958. The number of carbonyl (C=O) groups is 1. The SMILES string of the molecule is C[C@H](CCC(=O)O)[C@H]1CC[C@H]2[C@@H]3[C@@H](OS(=O)(=O)O)C[C@@H]4C[C@H](OS(=O)(=O)O)CC[C@]4(C)[C@H]3CC[C@]12C.[Na+]. The summed E-state index contributed by atoms with van der Waals surface area (Å²) >= 11 is 0. The Morgan fingerprint density at radius 3 is 2.11 bits per heavy atom. The van der Waals surface area contributed by atoms with Crippen LogP contribution < -0.4 is 29.6 Å². The smallest absolute Gasteiger partial charge is 0.481 e. The van der Waals surface area contributed by atoms with Crippen LogP contribution in [0.25, 0.3) is 0 Å². The van der Waals surface area contributed by atoms with Crippen LogP contribution in [0.3, 0.4) is 0 Å². The van der Waals surface area contributed by atoms with Crippen molar-refractivity contribution in [2.45, 2.75) is 97.2 Å². The van der Waals surface area contributed by atoms with E-state index in [1.807, 2.05) is 0 Å². The second kappa shape index (κ2) is 11.2. The third kappa shape index (κ3) is 6.59. The third-order valence-corrected chi connectivity index (χ3v) is 11.7. The van der Waals surface area contributed by atoms with Gasteiger partial charge in [0.25, 0.3) is 0 Å². The number of hydrogen-bond donors (Lipinski definition) is 3. The Morgan fingerprint density at radius 1 is 0.919 bits per heavy atom. The fourth-order valence-corrected chi connectivity index (χ4v) is 10.2. The summed E-state index contributed by atoms with van der Waals surface area (Å²) in [5.74, 6) is -0.0748. The number of hydrogen-bond acceptors (Lipinski definition) is 7. The molecule has 4 aliphatic rings. The van der Waals surface area contributed by atoms with Crippen molar-refractivity contribution in [3.8, 4) is 0 Å². The van der Waals surface area contributed by atoms with Crippen molar-refractivity contribution in [1.82, 2.24) is 0 Å². The van der Waals surface area contributed by atoms with E-state index in [0.29, 0.717) is 38.0 Å². The quantitative estimate of drug-likeness (QED) is 0.282. The molecule has 0 spiro atoms. The molecule has 4 fully saturated rings. The molecular formula is C24H40NaO10S2+. The molecular weight excluding hydrogens is 535 g/mol. The van der Waals surface area contributed by atoms with Gasteiger partial charge in [-0.25, -0.2) is 8.37 Å². The molecule has 0 saturated heterocycles. The van der Waals surface area contributed by atoms with Crippen LogP contribution >= 0.6 is 0 Å². The summed E-state index contributed by atoms with van der Waals surface area (Å²) in [4.78, 5) is 11.2. The maximum atomic E-state index is 11.9. The molecule has 10 nitrogen and oxygen atoms in total. The van der Waals surface area contributed by atoms with Gasteiger partial charge in [-0.05, 0) is 104 Å². The van der Waals surface area contributed by atoms with Crippen LogP contribution in [-0.4, -0.2) is 49.2 Å². The first-order valence-corrected chi connectivity index (χ1v) is 15.8. The van der Waals surface area contributed by atoms with Crippen LogP contribution in [0.5, 0.6) is 0 Å². The maximum absolute atomic E-state index is 11.9. The summed E-state index contributed by atoms with van der Waals surface area (Å²) in [6.07, 6.45) is 4.89. The molecule has 3 N–H and O–H groups in total. The zero-order valence-electron chi connectivity index (χ0n) is 22.2. The van der Waals surface area contributed by atoms with Gasteiger partial charge in [0.15, 0.2) is 0 Å². The van der Waals surface area contributed by atoms with Crippen molar-refractivity contribution in [3.63, 3.8) is 0 Å². The molecule has 0 aliphatic heterocycles. The van der Waals surface area contributed by atoms with Crippen molar-refractivity contribution < 1.29 is 73.8 Å². The standard InChI is InChI=1S/C24H40O10S2.Na/c1-14(4-7-21(25)26)17-5-6-18-22-19(9-11-24(17,18)3)23(2)10-8-16(33-35(27,28)29)12-15(23)13-20(22)34-36(30,31)32;/h14-20,22H,4-13H2,1-3H3,(H,25,26)(H,27,28,29)(H,30,31,32);/q;+1/t14-,15+,16-,17-,18+,19+,20+,22+,23+,24-;/m1./s1. The Hall–Kier alpha value is 0.210. The van der Waals surface area contributed by atoms with Crippen LogP contribution in [0.1, 0.15) is 85.0 Å². The van der Waals surface area contributed by atoms with E-state index in [1.165, 1.54) is 0 Å². The largest absolute Gasteiger partial charge is 1.00 e. The van der Waals surface area contributed by atoms with Crippen molar-refractivity contribution >= 4 is 26.8 Å². The Bertz CT molecular complexity index is 1070. The minimum atomic E-state index is -4.70. The van der Waals surface area contributed by atoms with E-state index in [1.54, 1.807) is 0 Å². The van der Waals surface area contributed by atoms with Crippen LogP contribution in [0.2, 0.25) is 0 Å². The van der Waals surface area contributed by atoms with E-state index < -0.39 is 39.0 Å². The molecule has 0 heterocycles. The predicted molar refractivity (Wildman–Crippen MR) is 129 cm³/mol. The molecule has 0 aromatic heterocycles. The summed E-state index contributed by atoms with van der Waals surface area (Å²) in [6, 6.07) is 0. The maximum Gasteiger partial charge on any atom is 1.00 e. The Morgan fingerprint density at radius 2 is 1.51 bits per heavy atom. The van der Waals surface area contributed by atoms with Crippen molar-refractivity contribution in [1.29, 1.82) is 0 Å². The van der Waals surface area contributed by atoms with Crippen LogP contribution in [0, 0.1) is 46.3 Å². The van der Waals surface area contributed by atoms with Crippen molar-refractivity contribution in [2.75, 3.05) is 0 Å². The summed E-state index contributed by atoms with van der Waals surface area (Å²) in [7, 11) is -9.30. The minimum absolute atomic E-state index is 0. The van der Waals surface area contributed by atoms with Crippen molar-refractivity contribution in [3.05, 3.63) is 0 Å². The Balaban J connectivity index is 0.00000380. The minimum Gasteiger partial charge on any atom is -0.481 e. The molecule has 4 saturated carbocycles. The second-order valence-electron chi connectivity index (χ2n) is 12.3. The van der Waals surface area contributed by atoms with Gasteiger partial charge in [-0.15, -0.1) is 0 Å². The van der Waals surface area contributed by atoms with Gasteiger partial charge in [0, 0.05) is 6.42 Å². The van der Waals surface area contributed by atoms with Gasteiger partial charge >= 0.3 is 56.3 Å². The predicted octanol–water partition coefficient (Wildman–Crippen LogP) is 1.14. The molecule has 37 heavy (non-hydrogen) atoms. The molecule has 0 bridgehead atoms. The van der Waals surface area contributed by atoms with Gasteiger partial charge in [-0.2, -0.15) is 16.8 Å². The van der Waals surface area contributed by atoms with Gasteiger partial charge in [0.2, 0.25) is 0 Å². The first kappa shape index (κ1) is 31.7. The molecule has 4 rings (SSSR count). The van der Waals surface area contributed by atoms with E-state index in [0.717, 1.165) is 25.7 Å². The Labute approximate surface area is 242 Å². The summed E-state index contributed by atoms with van der Waals surface area (Å²) < 4.78 is 75.5. The molecule has 0 aromatic rings. The molecule has 0 radical (unpaired) electrons. The van der Waals surface area contributed by atoms with Gasteiger partial charge in [-0.3, -0.25) is 13.9 Å². The Kier molecular flexibility index (Phi) is 9.64. The van der Waals surface area contributed by atoms with Crippen LogP contribution in [0.15, 0.2) is 0 Å². The summed E-state index contributed by atoms with van der Waals surface area (Å²) in [5, 5.41) is 9.17. The van der Waals surface area contributed by atoms with Gasteiger partial charge in [-0.1, -0.05) is 20.8 Å². The second-order valence-corrected chi connectivity index (χ2v) is 14.4. The molecule has 4 aliphatic carbocycles. The number of carboxylic acid groups (broad SMARTS) is 1. The molecule has 208 valence electrons. The normalized spacial score (nSPS) is 42.6. The van der Waals surface area contributed by atoms with Crippen molar-refractivity contribution in [2.24, 2.45) is 46.3 Å². The van der Waals surface area contributed by atoms with E-state index in [4.69, 9.17) is 13.5 Å². The van der Waals surface area contributed by atoms with E-state index in [9.17, 15) is 30.7 Å². The average Bonchev–Trinajstić information content (AvgIpc) is 3.08.